The second-order valence-electron chi connectivity index (χ2n) is 6.12. The Morgan fingerprint density at radius 1 is 1.28 bits per heavy atom. The largest absolute Gasteiger partial charge is 0.478 e. The van der Waals surface area contributed by atoms with Crippen molar-refractivity contribution in [2.75, 3.05) is 6.54 Å². The molecule has 134 valence electrons. The topological polar surface area (TPSA) is 80.6 Å². The molecule has 0 aliphatic carbocycles. The molecule has 6 nitrogen and oxygen atoms in total. The Labute approximate surface area is 151 Å². The van der Waals surface area contributed by atoms with E-state index in [1.165, 1.54) is 10.6 Å². The van der Waals surface area contributed by atoms with Crippen molar-refractivity contribution in [3.63, 3.8) is 0 Å². The number of nitrogens with one attached hydrogen (secondary N) is 1. The van der Waals surface area contributed by atoms with E-state index in [4.69, 9.17) is 16.3 Å². The van der Waals surface area contributed by atoms with Crippen LogP contribution in [0.4, 0.5) is 0 Å². The lowest BCUT2D eigenvalue weighted by molar-refractivity contribution is -0.134. The number of aliphatic hydroxyl groups excluding tert-OH is 1. The van der Waals surface area contributed by atoms with Gasteiger partial charge in [-0.2, -0.15) is 0 Å². The van der Waals surface area contributed by atoms with Crippen LogP contribution in [0.25, 0.3) is 0 Å². The molecular formula is C18H21ClN2O4. The summed E-state index contributed by atoms with van der Waals surface area (Å²) >= 11 is 5.82. The van der Waals surface area contributed by atoms with E-state index < -0.39 is 11.7 Å². The molecule has 2 rings (SSSR count). The van der Waals surface area contributed by atoms with Gasteiger partial charge in [-0.1, -0.05) is 17.7 Å². The molecule has 2 N–H and O–H groups in total. The van der Waals surface area contributed by atoms with Crippen molar-refractivity contribution >= 4 is 17.5 Å². The number of halogens is 1. The number of rotatable bonds is 7. The molecule has 1 aromatic heterocycles. The molecule has 7 heteroatoms. The lowest BCUT2D eigenvalue weighted by Crippen LogP contribution is -2.49. The maximum atomic E-state index is 12.3. The molecule has 0 spiro atoms. The molecule has 0 fully saturated rings. The smallest absolute Gasteiger partial charge is 0.263 e. The number of pyridine rings is 1. The monoisotopic (exact) mass is 364 g/mol. The van der Waals surface area contributed by atoms with E-state index >= 15 is 0 Å². The highest BCUT2D eigenvalue weighted by Gasteiger charge is 2.30. The molecule has 1 amide bonds. The molecule has 0 saturated carbocycles. The second kappa shape index (κ2) is 8.18. The Morgan fingerprint density at radius 2 is 1.96 bits per heavy atom. The number of benzene rings is 1. The summed E-state index contributed by atoms with van der Waals surface area (Å²) in [7, 11) is 0. The van der Waals surface area contributed by atoms with Crippen LogP contribution in [0.1, 0.15) is 13.8 Å². The first-order valence-electron chi connectivity index (χ1n) is 7.84. The number of ether oxygens (including phenoxy) is 1. The number of carbonyl (C=O) groups excluding carboxylic acids is 1. The van der Waals surface area contributed by atoms with Gasteiger partial charge in [0.05, 0.1) is 12.6 Å². The third-order valence-corrected chi connectivity index (χ3v) is 3.79. The van der Waals surface area contributed by atoms with Gasteiger partial charge in [0.2, 0.25) is 0 Å². The van der Waals surface area contributed by atoms with Gasteiger partial charge >= 0.3 is 0 Å². The average molecular weight is 365 g/mol. The maximum Gasteiger partial charge on any atom is 0.263 e. The van der Waals surface area contributed by atoms with Gasteiger partial charge in [0.25, 0.3) is 11.5 Å². The van der Waals surface area contributed by atoms with Gasteiger partial charge in [0, 0.05) is 23.8 Å². The molecule has 0 saturated heterocycles. The van der Waals surface area contributed by atoms with Crippen molar-refractivity contribution in [1.82, 2.24) is 9.88 Å². The van der Waals surface area contributed by atoms with E-state index in [1.54, 1.807) is 56.4 Å². The second-order valence-corrected chi connectivity index (χ2v) is 6.56. The van der Waals surface area contributed by atoms with E-state index in [2.05, 4.69) is 5.32 Å². The number of hydrogen-bond acceptors (Lipinski definition) is 4. The summed E-state index contributed by atoms with van der Waals surface area (Å²) in [4.78, 5) is 23.9. The Morgan fingerprint density at radius 3 is 2.60 bits per heavy atom. The highest BCUT2D eigenvalue weighted by molar-refractivity contribution is 6.30. The van der Waals surface area contributed by atoms with E-state index in [0.717, 1.165) is 0 Å². The van der Waals surface area contributed by atoms with E-state index in [9.17, 15) is 14.7 Å². The fourth-order valence-corrected chi connectivity index (χ4v) is 2.30. The van der Waals surface area contributed by atoms with Gasteiger partial charge in [-0.05, 0) is 44.2 Å². The highest BCUT2D eigenvalue weighted by Crippen LogP contribution is 2.20. The summed E-state index contributed by atoms with van der Waals surface area (Å²) < 4.78 is 7.06. The summed E-state index contributed by atoms with van der Waals surface area (Å²) in [6.07, 6.45) is 0.691. The summed E-state index contributed by atoms with van der Waals surface area (Å²) in [5.41, 5.74) is -1.34. The van der Waals surface area contributed by atoms with Crippen molar-refractivity contribution in [2.24, 2.45) is 0 Å². The van der Waals surface area contributed by atoms with Gasteiger partial charge in [-0.3, -0.25) is 9.59 Å². The number of amides is 1. The SMILES string of the molecule is CC(C)(Oc1ccc(Cl)cc1)C(=O)NCC(O)Cn1ccccc1=O. The van der Waals surface area contributed by atoms with Crippen LogP contribution >= 0.6 is 11.6 Å². The van der Waals surface area contributed by atoms with Crippen LogP contribution in [-0.2, 0) is 11.3 Å². The molecule has 25 heavy (non-hydrogen) atoms. The van der Waals surface area contributed by atoms with Crippen LogP contribution < -0.4 is 15.6 Å². The minimum atomic E-state index is -1.13. The first kappa shape index (κ1) is 19.0. The van der Waals surface area contributed by atoms with Crippen molar-refractivity contribution in [3.05, 3.63) is 64.0 Å². The molecule has 0 bridgehead atoms. The van der Waals surface area contributed by atoms with Gasteiger partial charge < -0.3 is 19.7 Å². The lowest BCUT2D eigenvalue weighted by atomic mass is 10.1. The summed E-state index contributed by atoms with van der Waals surface area (Å²) in [6.45, 7) is 3.36. The number of carbonyl (C=O) groups is 1. The Balaban J connectivity index is 1.88. The van der Waals surface area contributed by atoms with Crippen LogP contribution in [0.3, 0.4) is 0 Å². The predicted molar refractivity (Wildman–Crippen MR) is 95.9 cm³/mol. The van der Waals surface area contributed by atoms with Crippen LogP contribution in [0, 0.1) is 0 Å². The Bertz CT molecular complexity index is 771. The van der Waals surface area contributed by atoms with Crippen LogP contribution in [-0.4, -0.2) is 33.8 Å². The zero-order chi connectivity index (χ0) is 18.4. The molecule has 0 aliphatic rings. The first-order valence-corrected chi connectivity index (χ1v) is 8.22. The number of nitrogens with zero attached hydrogens (tertiary/aromatic N) is 1. The zero-order valence-electron chi connectivity index (χ0n) is 14.1. The standard InChI is InChI=1S/C18H21ClN2O4/c1-18(2,25-15-8-6-13(19)7-9-15)17(24)20-11-14(22)12-21-10-4-3-5-16(21)23/h3-10,14,22H,11-12H2,1-2H3,(H,20,24). The normalized spacial score (nSPS) is 12.5. The first-order chi connectivity index (χ1) is 11.8. The third-order valence-electron chi connectivity index (χ3n) is 3.54. The Hall–Kier alpha value is -2.31. The third kappa shape index (κ3) is 5.62. The van der Waals surface area contributed by atoms with Gasteiger partial charge in [0.15, 0.2) is 5.60 Å². The number of aromatic nitrogens is 1. The minimum Gasteiger partial charge on any atom is -0.478 e. The van der Waals surface area contributed by atoms with E-state index in [-0.39, 0.29) is 24.6 Å². The van der Waals surface area contributed by atoms with Crippen LogP contribution in [0.15, 0.2) is 53.5 Å². The molecular weight excluding hydrogens is 344 g/mol. The van der Waals surface area contributed by atoms with E-state index in [0.29, 0.717) is 10.8 Å². The number of aliphatic hydroxyl groups is 1. The Kier molecular flexibility index (Phi) is 6.22. The maximum absolute atomic E-state index is 12.3. The lowest BCUT2D eigenvalue weighted by Gasteiger charge is -2.26. The number of hydrogen-bond donors (Lipinski definition) is 2. The minimum absolute atomic E-state index is 0.00752. The molecule has 0 aliphatic heterocycles. The highest BCUT2D eigenvalue weighted by atomic mass is 35.5. The average Bonchev–Trinajstić information content (AvgIpc) is 2.56. The molecule has 1 aromatic carbocycles. The van der Waals surface area contributed by atoms with Gasteiger partial charge in [-0.25, -0.2) is 0 Å². The van der Waals surface area contributed by atoms with Crippen molar-refractivity contribution < 1.29 is 14.6 Å². The summed E-state index contributed by atoms with van der Waals surface area (Å²) in [6, 6.07) is 11.4. The van der Waals surface area contributed by atoms with E-state index in [1.807, 2.05) is 0 Å². The molecule has 1 atom stereocenters. The quantitative estimate of drug-likeness (QED) is 0.785. The van der Waals surface area contributed by atoms with Crippen molar-refractivity contribution in [1.29, 1.82) is 0 Å². The van der Waals surface area contributed by atoms with Gasteiger partial charge in [-0.15, -0.1) is 0 Å². The predicted octanol–water partition coefficient (Wildman–Crippen LogP) is 1.84. The summed E-state index contributed by atoms with van der Waals surface area (Å²) in [5.74, 6) is 0.142. The van der Waals surface area contributed by atoms with Crippen molar-refractivity contribution in [2.45, 2.75) is 32.1 Å². The van der Waals surface area contributed by atoms with Crippen LogP contribution in [0.5, 0.6) is 5.75 Å². The molecule has 1 unspecified atom stereocenters. The fraction of sp³-hybridized carbons (Fsp3) is 0.333. The van der Waals surface area contributed by atoms with Crippen molar-refractivity contribution in [3.8, 4) is 5.75 Å². The zero-order valence-corrected chi connectivity index (χ0v) is 14.9. The summed E-state index contributed by atoms with van der Waals surface area (Å²) in [5, 5.41) is 13.2. The molecule has 1 heterocycles. The van der Waals surface area contributed by atoms with Gasteiger partial charge in [0.1, 0.15) is 5.75 Å². The van der Waals surface area contributed by atoms with Crippen LogP contribution in [0.2, 0.25) is 5.02 Å². The molecule has 0 radical (unpaired) electrons. The molecule has 2 aromatic rings. The fourth-order valence-electron chi connectivity index (χ4n) is 2.17.